The van der Waals surface area contributed by atoms with Crippen molar-refractivity contribution in [3.05, 3.63) is 41.7 Å². The SMILES string of the molecule is Cc1c(NC(=O)N(C)CCCc2cnn(C)c2)cccc1N1CCCC1. The van der Waals surface area contributed by atoms with E-state index in [4.69, 9.17) is 0 Å². The van der Waals surface area contributed by atoms with Crippen molar-refractivity contribution >= 4 is 17.4 Å². The molecule has 1 fully saturated rings. The predicted molar refractivity (Wildman–Crippen MR) is 106 cm³/mol. The summed E-state index contributed by atoms with van der Waals surface area (Å²) < 4.78 is 1.81. The molecule has 1 saturated heterocycles. The van der Waals surface area contributed by atoms with Crippen molar-refractivity contribution in [1.82, 2.24) is 14.7 Å². The summed E-state index contributed by atoms with van der Waals surface area (Å²) in [6, 6.07) is 6.10. The molecule has 6 heteroatoms. The summed E-state index contributed by atoms with van der Waals surface area (Å²) in [5.41, 5.74) is 4.49. The van der Waals surface area contributed by atoms with Crippen LogP contribution in [0.5, 0.6) is 0 Å². The van der Waals surface area contributed by atoms with Gasteiger partial charge in [0.15, 0.2) is 0 Å². The molecule has 2 amide bonds. The smallest absolute Gasteiger partial charge is 0.321 e. The lowest BCUT2D eigenvalue weighted by Crippen LogP contribution is -2.32. The molecule has 1 aromatic carbocycles. The van der Waals surface area contributed by atoms with Gasteiger partial charge in [0.05, 0.1) is 6.20 Å². The summed E-state index contributed by atoms with van der Waals surface area (Å²) in [5.74, 6) is 0. The zero-order valence-corrected chi connectivity index (χ0v) is 16.0. The van der Waals surface area contributed by atoms with Crippen LogP contribution in [0.2, 0.25) is 0 Å². The maximum absolute atomic E-state index is 12.5. The molecule has 2 aromatic rings. The van der Waals surface area contributed by atoms with Crippen LogP contribution >= 0.6 is 0 Å². The Morgan fingerprint density at radius 1 is 1.31 bits per heavy atom. The predicted octanol–water partition coefficient (Wildman–Crippen LogP) is 3.43. The lowest BCUT2D eigenvalue weighted by atomic mass is 10.1. The van der Waals surface area contributed by atoms with E-state index in [0.29, 0.717) is 6.54 Å². The van der Waals surface area contributed by atoms with Gasteiger partial charge in [0.1, 0.15) is 0 Å². The van der Waals surface area contributed by atoms with Gasteiger partial charge in [-0.1, -0.05) is 6.07 Å². The average molecular weight is 355 g/mol. The summed E-state index contributed by atoms with van der Waals surface area (Å²) in [7, 11) is 3.76. The van der Waals surface area contributed by atoms with Crippen LogP contribution in [0.3, 0.4) is 0 Å². The molecule has 26 heavy (non-hydrogen) atoms. The number of aryl methyl sites for hydroxylation is 2. The number of hydrogen-bond acceptors (Lipinski definition) is 3. The highest BCUT2D eigenvalue weighted by molar-refractivity contribution is 5.91. The molecule has 1 N–H and O–H groups in total. The number of hydrogen-bond donors (Lipinski definition) is 1. The van der Waals surface area contributed by atoms with Crippen LogP contribution in [0.4, 0.5) is 16.2 Å². The number of anilines is 2. The molecule has 0 radical (unpaired) electrons. The minimum Gasteiger partial charge on any atom is -0.371 e. The van der Waals surface area contributed by atoms with Gasteiger partial charge in [0.2, 0.25) is 0 Å². The molecule has 6 nitrogen and oxygen atoms in total. The lowest BCUT2D eigenvalue weighted by molar-refractivity contribution is 0.222. The molecular weight excluding hydrogens is 326 g/mol. The number of aromatic nitrogens is 2. The normalized spacial score (nSPS) is 13.9. The second-order valence-electron chi connectivity index (χ2n) is 7.12. The molecule has 0 unspecified atom stereocenters. The number of benzene rings is 1. The number of carbonyl (C=O) groups excluding carboxylic acids is 1. The molecule has 1 aliphatic rings. The zero-order chi connectivity index (χ0) is 18.5. The molecule has 0 bridgehead atoms. The minimum atomic E-state index is -0.0575. The second kappa shape index (κ2) is 8.25. The third-order valence-electron chi connectivity index (χ3n) is 5.06. The van der Waals surface area contributed by atoms with E-state index >= 15 is 0 Å². The molecule has 0 atom stereocenters. The summed E-state index contributed by atoms with van der Waals surface area (Å²) in [4.78, 5) is 16.7. The fourth-order valence-corrected chi connectivity index (χ4v) is 3.49. The number of carbonyl (C=O) groups is 1. The standard InChI is InChI=1S/C20H29N5O/c1-16-18(9-6-10-19(16)25-12-4-5-13-25)22-20(26)23(2)11-7-8-17-14-21-24(3)15-17/h6,9-10,14-15H,4-5,7-8,11-13H2,1-3H3,(H,22,26). The van der Waals surface area contributed by atoms with Gasteiger partial charge in [0, 0.05) is 51.3 Å². The van der Waals surface area contributed by atoms with Crippen molar-refractivity contribution in [1.29, 1.82) is 0 Å². The van der Waals surface area contributed by atoms with Gasteiger partial charge in [-0.05, 0) is 55.9 Å². The Balaban J connectivity index is 1.54. The average Bonchev–Trinajstić information content (AvgIpc) is 3.28. The van der Waals surface area contributed by atoms with Crippen LogP contribution in [0.25, 0.3) is 0 Å². The van der Waals surface area contributed by atoms with E-state index in [1.165, 1.54) is 24.1 Å². The highest BCUT2D eigenvalue weighted by Gasteiger charge is 2.17. The van der Waals surface area contributed by atoms with Crippen LogP contribution in [0.1, 0.15) is 30.4 Å². The van der Waals surface area contributed by atoms with E-state index in [9.17, 15) is 4.79 Å². The van der Waals surface area contributed by atoms with Crippen molar-refractivity contribution < 1.29 is 4.79 Å². The largest absolute Gasteiger partial charge is 0.371 e. The van der Waals surface area contributed by atoms with E-state index in [1.807, 2.05) is 43.3 Å². The Morgan fingerprint density at radius 2 is 2.08 bits per heavy atom. The van der Waals surface area contributed by atoms with Crippen LogP contribution in [0.15, 0.2) is 30.6 Å². The van der Waals surface area contributed by atoms with E-state index in [1.54, 1.807) is 4.90 Å². The van der Waals surface area contributed by atoms with E-state index < -0.39 is 0 Å². The minimum absolute atomic E-state index is 0.0575. The maximum atomic E-state index is 12.5. The monoisotopic (exact) mass is 355 g/mol. The molecule has 1 aliphatic heterocycles. The molecule has 3 rings (SSSR count). The van der Waals surface area contributed by atoms with Crippen molar-refractivity contribution in [3.8, 4) is 0 Å². The Kier molecular flexibility index (Phi) is 5.81. The van der Waals surface area contributed by atoms with Crippen molar-refractivity contribution in [2.45, 2.75) is 32.6 Å². The van der Waals surface area contributed by atoms with Gasteiger partial charge < -0.3 is 15.1 Å². The van der Waals surface area contributed by atoms with Crippen molar-refractivity contribution in [2.24, 2.45) is 7.05 Å². The van der Waals surface area contributed by atoms with Gasteiger partial charge in [0.25, 0.3) is 0 Å². The van der Waals surface area contributed by atoms with Gasteiger partial charge >= 0.3 is 6.03 Å². The van der Waals surface area contributed by atoms with Gasteiger partial charge in [-0.25, -0.2) is 4.79 Å². The summed E-state index contributed by atoms with van der Waals surface area (Å²) >= 11 is 0. The zero-order valence-electron chi connectivity index (χ0n) is 16.0. The number of nitrogens with one attached hydrogen (secondary N) is 1. The van der Waals surface area contributed by atoms with E-state index in [0.717, 1.165) is 37.2 Å². The fraction of sp³-hybridized carbons (Fsp3) is 0.500. The Morgan fingerprint density at radius 3 is 2.77 bits per heavy atom. The van der Waals surface area contributed by atoms with Crippen LogP contribution in [-0.4, -0.2) is 47.4 Å². The third kappa shape index (κ3) is 4.36. The number of rotatable bonds is 6. The second-order valence-corrected chi connectivity index (χ2v) is 7.12. The molecule has 0 spiro atoms. The first-order valence-electron chi connectivity index (χ1n) is 9.39. The molecular formula is C20H29N5O. The number of nitrogens with zero attached hydrogens (tertiary/aromatic N) is 4. The van der Waals surface area contributed by atoms with Crippen LogP contribution < -0.4 is 10.2 Å². The first-order chi connectivity index (χ1) is 12.5. The van der Waals surface area contributed by atoms with Gasteiger partial charge in [-0.3, -0.25) is 4.68 Å². The molecule has 140 valence electrons. The lowest BCUT2D eigenvalue weighted by Gasteiger charge is -2.23. The summed E-state index contributed by atoms with van der Waals surface area (Å²) in [6.45, 7) is 5.01. The summed E-state index contributed by atoms with van der Waals surface area (Å²) in [5, 5.41) is 7.25. The van der Waals surface area contributed by atoms with Crippen LogP contribution in [-0.2, 0) is 13.5 Å². The first kappa shape index (κ1) is 18.3. The van der Waals surface area contributed by atoms with Crippen molar-refractivity contribution in [2.75, 3.05) is 36.9 Å². The first-order valence-corrected chi connectivity index (χ1v) is 9.39. The Hall–Kier alpha value is -2.50. The van der Waals surface area contributed by atoms with Gasteiger partial charge in [-0.15, -0.1) is 0 Å². The Bertz CT molecular complexity index is 748. The Labute approximate surface area is 155 Å². The van der Waals surface area contributed by atoms with Gasteiger partial charge in [-0.2, -0.15) is 5.10 Å². The molecule has 2 heterocycles. The fourth-order valence-electron chi connectivity index (χ4n) is 3.49. The molecule has 0 saturated carbocycles. The topological polar surface area (TPSA) is 53.4 Å². The van der Waals surface area contributed by atoms with Crippen molar-refractivity contribution in [3.63, 3.8) is 0 Å². The molecule has 1 aromatic heterocycles. The van der Waals surface area contributed by atoms with E-state index in [-0.39, 0.29) is 6.03 Å². The number of urea groups is 1. The van der Waals surface area contributed by atoms with Crippen LogP contribution in [0, 0.1) is 6.92 Å². The highest BCUT2D eigenvalue weighted by atomic mass is 16.2. The third-order valence-corrected chi connectivity index (χ3v) is 5.06. The molecule has 0 aliphatic carbocycles. The number of amides is 2. The quantitative estimate of drug-likeness (QED) is 0.864. The van der Waals surface area contributed by atoms with E-state index in [2.05, 4.69) is 28.3 Å². The maximum Gasteiger partial charge on any atom is 0.321 e. The summed E-state index contributed by atoms with van der Waals surface area (Å²) in [6.07, 6.45) is 8.24. The highest BCUT2D eigenvalue weighted by Crippen LogP contribution is 2.29.